The molecule has 1 aromatic heterocycles. The Morgan fingerprint density at radius 2 is 1.53 bits per heavy atom. The summed E-state index contributed by atoms with van der Waals surface area (Å²) in [5.41, 5.74) is 2.80. The van der Waals surface area contributed by atoms with Gasteiger partial charge in [0.15, 0.2) is 0 Å². The van der Waals surface area contributed by atoms with E-state index in [-0.39, 0.29) is 17.7 Å². The fraction of sp³-hybridized carbons (Fsp3) is 0.125. The molecular weight excluding hydrogens is 515 g/mol. The maximum Gasteiger partial charge on any atom is 0.336 e. The lowest BCUT2D eigenvalue weighted by molar-refractivity contribution is 0.200. The molecule has 5 rings (SSSR count). The molecule has 3 aromatic carbocycles. The predicted octanol–water partition coefficient (Wildman–Crippen LogP) is 6.08. The van der Waals surface area contributed by atoms with Gasteiger partial charge in [-0.05, 0) is 53.6 Å². The SMILES string of the molecule is O=c1n2c(c(O)n1-c1cc(Cl)cc(Cl)c1)C[C@H](Oc1ccc(-c3ccc(Br)cc3)cc1)C2. The normalized spacial score (nSPS) is 15.0. The van der Waals surface area contributed by atoms with E-state index in [0.29, 0.717) is 40.1 Å². The van der Waals surface area contributed by atoms with Gasteiger partial charge in [-0.25, -0.2) is 9.36 Å². The quantitative estimate of drug-likeness (QED) is 0.347. The molecule has 1 aliphatic rings. The van der Waals surface area contributed by atoms with Crippen molar-refractivity contribution in [3.8, 4) is 28.4 Å². The van der Waals surface area contributed by atoms with E-state index in [4.69, 9.17) is 27.9 Å². The van der Waals surface area contributed by atoms with Gasteiger partial charge < -0.3 is 9.84 Å². The van der Waals surface area contributed by atoms with Crippen LogP contribution in [-0.2, 0) is 13.0 Å². The number of imidazole rings is 1. The zero-order valence-corrected chi connectivity index (χ0v) is 19.7. The highest BCUT2D eigenvalue weighted by Crippen LogP contribution is 2.31. The zero-order valence-electron chi connectivity index (χ0n) is 16.6. The smallest absolute Gasteiger partial charge is 0.336 e. The summed E-state index contributed by atoms with van der Waals surface area (Å²) in [7, 11) is 0. The van der Waals surface area contributed by atoms with Gasteiger partial charge >= 0.3 is 5.69 Å². The van der Waals surface area contributed by atoms with Gasteiger partial charge in [-0.2, -0.15) is 0 Å². The Morgan fingerprint density at radius 1 is 0.938 bits per heavy atom. The molecule has 0 unspecified atom stereocenters. The second-order valence-corrected chi connectivity index (χ2v) is 9.39. The van der Waals surface area contributed by atoms with E-state index < -0.39 is 0 Å². The van der Waals surface area contributed by atoms with Crippen LogP contribution < -0.4 is 10.4 Å². The third-order valence-electron chi connectivity index (χ3n) is 5.47. The van der Waals surface area contributed by atoms with Crippen LogP contribution in [-0.4, -0.2) is 20.3 Å². The Labute approximate surface area is 202 Å². The van der Waals surface area contributed by atoms with Crippen LogP contribution in [0.25, 0.3) is 16.8 Å². The van der Waals surface area contributed by atoms with Crippen molar-refractivity contribution in [2.75, 3.05) is 0 Å². The van der Waals surface area contributed by atoms with Gasteiger partial charge in [-0.15, -0.1) is 0 Å². The molecule has 8 heteroatoms. The minimum Gasteiger partial charge on any atom is -0.493 e. The number of hydrogen-bond acceptors (Lipinski definition) is 3. The molecule has 4 aromatic rings. The Balaban J connectivity index is 1.34. The van der Waals surface area contributed by atoms with E-state index in [1.807, 2.05) is 48.5 Å². The highest BCUT2D eigenvalue weighted by atomic mass is 79.9. The first-order valence-electron chi connectivity index (χ1n) is 9.91. The number of halogens is 3. The standard InChI is InChI=1S/C24H17BrCl2N2O3/c25-16-5-1-14(2-6-16)15-3-7-20(8-4-15)32-21-12-22-23(30)29(24(31)28(22)13-21)19-10-17(26)9-18(27)11-19/h1-11,21,30H,12-13H2/t21-/m0/s1. The first kappa shape index (κ1) is 21.2. The first-order valence-corrected chi connectivity index (χ1v) is 11.5. The summed E-state index contributed by atoms with van der Waals surface area (Å²) in [5.74, 6) is 0.591. The van der Waals surface area contributed by atoms with Crippen molar-refractivity contribution in [1.82, 2.24) is 9.13 Å². The van der Waals surface area contributed by atoms with Crippen LogP contribution in [0.2, 0.25) is 10.0 Å². The van der Waals surface area contributed by atoms with Gasteiger partial charge in [-0.1, -0.05) is 63.4 Å². The molecule has 0 amide bonds. The molecule has 162 valence electrons. The first-order chi connectivity index (χ1) is 15.4. The van der Waals surface area contributed by atoms with Crippen molar-refractivity contribution in [3.05, 3.63) is 97.4 Å². The van der Waals surface area contributed by atoms with Crippen LogP contribution in [0.1, 0.15) is 5.69 Å². The lowest BCUT2D eigenvalue weighted by Gasteiger charge is -2.14. The molecule has 0 spiro atoms. The van der Waals surface area contributed by atoms with Crippen LogP contribution in [0.5, 0.6) is 11.6 Å². The average molecular weight is 532 g/mol. The topological polar surface area (TPSA) is 56.4 Å². The van der Waals surface area contributed by atoms with Gasteiger partial charge in [-0.3, -0.25) is 4.57 Å². The fourth-order valence-corrected chi connectivity index (χ4v) is 4.77. The molecular formula is C24H17BrCl2N2O3. The maximum atomic E-state index is 12.9. The van der Waals surface area contributed by atoms with E-state index in [0.717, 1.165) is 15.6 Å². The van der Waals surface area contributed by atoms with Crippen molar-refractivity contribution in [3.63, 3.8) is 0 Å². The monoisotopic (exact) mass is 530 g/mol. The van der Waals surface area contributed by atoms with E-state index in [9.17, 15) is 9.90 Å². The number of benzene rings is 3. The molecule has 5 nitrogen and oxygen atoms in total. The lowest BCUT2D eigenvalue weighted by atomic mass is 10.1. The Morgan fingerprint density at radius 3 is 2.12 bits per heavy atom. The Hall–Kier alpha value is -2.67. The van der Waals surface area contributed by atoms with Gasteiger partial charge in [0.2, 0.25) is 5.88 Å². The summed E-state index contributed by atoms with van der Waals surface area (Å²) in [6.45, 7) is 0.345. The second kappa shape index (κ2) is 8.35. The molecule has 0 bridgehead atoms. The average Bonchev–Trinajstić information content (AvgIpc) is 3.27. The fourth-order valence-electron chi connectivity index (χ4n) is 3.99. The molecule has 0 radical (unpaired) electrons. The number of ether oxygens (including phenoxy) is 1. The third kappa shape index (κ3) is 3.94. The van der Waals surface area contributed by atoms with E-state index in [1.165, 1.54) is 9.13 Å². The van der Waals surface area contributed by atoms with Crippen molar-refractivity contribution < 1.29 is 9.84 Å². The van der Waals surface area contributed by atoms with Crippen molar-refractivity contribution >= 4 is 39.1 Å². The summed E-state index contributed by atoms with van der Waals surface area (Å²) < 4.78 is 9.88. The number of nitrogens with zero attached hydrogens (tertiary/aromatic N) is 2. The Bertz CT molecular complexity index is 1340. The van der Waals surface area contributed by atoms with Gasteiger partial charge in [0.05, 0.1) is 17.9 Å². The van der Waals surface area contributed by atoms with Crippen LogP contribution >= 0.6 is 39.1 Å². The summed E-state index contributed by atoms with van der Waals surface area (Å²) >= 11 is 15.6. The molecule has 0 aliphatic carbocycles. The van der Waals surface area contributed by atoms with Gasteiger partial charge in [0, 0.05) is 20.9 Å². The summed E-state index contributed by atoms with van der Waals surface area (Å²) in [4.78, 5) is 12.9. The third-order valence-corrected chi connectivity index (χ3v) is 6.43. The summed E-state index contributed by atoms with van der Waals surface area (Å²) in [6, 6.07) is 20.7. The number of rotatable bonds is 4. The Kier molecular flexibility index (Phi) is 5.53. The largest absolute Gasteiger partial charge is 0.493 e. The molecule has 0 saturated heterocycles. The summed E-state index contributed by atoms with van der Waals surface area (Å²) in [5, 5.41) is 11.5. The highest BCUT2D eigenvalue weighted by molar-refractivity contribution is 9.10. The van der Waals surface area contributed by atoms with Crippen molar-refractivity contribution in [2.45, 2.75) is 19.1 Å². The molecule has 1 atom stereocenters. The van der Waals surface area contributed by atoms with E-state index >= 15 is 0 Å². The highest BCUT2D eigenvalue weighted by Gasteiger charge is 2.31. The molecule has 1 aliphatic heterocycles. The number of fused-ring (bicyclic) bond motifs is 1. The number of aromatic hydroxyl groups is 1. The van der Waals surface area contributed by atoms with Crippen molar-refractivity contribution in [2.24, 2.45) is 0 Å². The maximum absolute atomic E-state index is 12.9. The zero-order chi connectivity index (χ0) is 22.4. The minimum absolute atomic E-state index is 0.120. The van der Waals surface area contributed by atoms with Crippen LogP contribution in [0.3, 0.4) is 0 Å². The van der Waals surface area contributed by atoms with Gasteiger partial charge in [0.1, 0.15) is 11.9 Å². The van der Waals surface area contributed by atoms with Crippen LogP contribution in [0.4, 0.5) is 0 Å². The van der Waals surface area contributed by atoms with Crippen LogP contribution in [0, 0.1) is 0 Å². The van der Waals surface area contributed by atoms with E-state index in [2.05, 4.69) is 15.9 Å². The molecule has 1 N–H and O–H groups in total. The lowest BCUT2D eigenvalue weighted by Crippen LogP contribution is -2.27. The summed E-state index contributed by atoms with van der Waals surface area (Å²) in [6.07, 6.45) is 0.163. The van der Waals surface area contributed by atoms with Crippen molar-refractivity contribution in [1.29, 1.82) is 0 Å². The predicted molar refractivity (Wildman–Crippen MR) is 129 cm³/mol. The number of hydrogen-bond donors (Lipinski definition) is 1. The van der Waals surface area contributed by atoms with Crippen LogP contribution in [0.15, 0.2) is 76.0 Å². The molecule has 2 heterocycles. The van der Waals surface area contributed by atoms with E-state index in [1.54, 1.807) is 18.2 Å². The molecule has 0 fully saturated rings. The van der Waals surface area contributed by atoms with Gasteiger partial charge in [0.25, 0.3) is 0 Å². The number of aromatic nitrogens is 2. The second-order valence-electron chi connectivity index (χ2n) is 7.60. The minimum atomic E-state index is -0.354. The molecule has 0 saturated carbocycles. The molecule has 32 heavy (non-hydrogen) atoms.